The number of amides is 1. The van der Waals surface area contributed by atoms with Crippen LogP contribution < -0.4 is 5.32 Å². The highest BCUT2D eigenvalue weighted by Gasteiger charge is 2.26. The van der Waals surface area contributed by atoms with Gasteiger partial charge in [0.15, 0.2) is 5.13 Å². The molecule has 0 saturated heterocycles. The van der Waals surface area contributed by atoms with E-state index in [1.807, 2.05) is 58.0 Å². The van der Waals surface area contributed by atoms with E-state index in [0.29, 0.717) is 34.1 Å². The Bertz CT molecular complexity index is 1440. The number of sulfonamides is 1. The lowest BCUT2D eigenvalue weighted by Gasteiger charge is -2.25. The molecule has 4 aromatic rings. The number of carbonyl (C=O) groups is 1. The van der Waals surface area contributed by atoms with Crippen molar-refractivity contribution in [1.29, 1.82) is 0 Å². The third kappa shape index (κ3) is 5.27. The van der Waals surface area contributed by atoms with E-state index in [1.54, 1.807) is 28.6 Å². The molecule has 2 aromatic heterocycles. The van der Waals surface area contributed by atoms with E-state index in [9.17, 15) is 13.2 Å². The molecular weight excluding hydrogens is 468 g/mol. The number of benzene rings is 2. The van der Waals surface area contributed by atoms with Crippen molar-refractivity contribution in [3.8, 4) is 0 Å². The SMILES string of the molecule is CC(C)CN(CC(C)C)S(=O)(=O)c1ccc2nc(NC(=O)c3ccc4ccccc4n3)sc2c1. The molecule has 1 N–H and O–H groups in total. The molecule has 0 radical (unpaired) electrons. The standard InChI is InChI=1S/C25H28N4O3S2/c1-16(2)14-29(15-17(3)4)34(31,32)19-10-12-21-23(13-19)33-25(27-21)28-24(30)22-11-9-18-7-5-6-8-20(18)26-22/h5-13,16-17H,14-15H2,1-4H3,(H,27,28,30). The van der Waals surface area contributed by atoms with Crippen molar-refractivity contribution in [2.75, 3.05) is 18.4 Å². The molecule has 0 bridgehead atoms. The van der Waals surface area contributed by atoms with Gasteiger partial charge in [0.05, 0.1) is 20.6 Å². The number of anilines is 1. The molecule has 0 aliphatic rings. The van der Waals surface area contributed by atoms with Crippen LogP contribution in [0.5, 0.6) is 0 Å². The molecule has 1 amide bonds. The van der Waals surface area contributed by atoms with E-state index >= 15 is 0 Å². The van der Waals surface area contributed by atoms with E-state index < -0.39 is 10.0 Å². The van der Waals surface area contributed by atoms with Gasteiger partial charge in [-0.2, -0.15) is 4.31 Å². The molecule has 0 fully saturated rings. The minimum Gasteiger partial charge on any atom is -0.296 e. The number of rotatable bonds is 8. The van der Waals surface area contributed by atoms with Gasteiger partial charge in [-0.1, -0.05) is 63.3 Å². The summed E-state index contributed by atoms with van der Waals surface area (Å²) in [4.78, 5) is 21.9. The molecule has 0 aliphatic heterocycles. The predicted molar refractivity (Wildman–Crippen MR) is 138 cm³/mol. The molecule has 2 heterocycles. The minimum absolute atomic E-state index is 0.214. The van der Waals surface area contributed by atoms with Gasteiger partial charge in [0.2, 0.25) is 10.0 Å². The number of aromatic nitrogens is 2. The van der Waals surface area contributed by atoms with E-state index in [-0.39, 0.29) is 22.6 Å². The quantitative estimate of drug-likeness (QED) is 0.353. The smallest absolute Gasteiger partial charge is 0.276 e. The van der Waals surface area contributed by atoms with Gasteiger partial charge < -0.3 is 0 Å². The van der Waals surface area contributed by atoms with Crippen molar-refractivity contribution in [3.63, 3.8) is 0 Å². The van der Waals surface area contributed by atoms with Crippen LogP contribution in [0.25, 0.3) is 21.1 Å². The summed E-state index contributed by atoms with van der Waals surface area (Å²) in [6.45, 7) is 8.95. The Morgan fingerprint density at radius 1 is 0.941 bits per heavy atom. The van der Waals surface area contributed by atoms with Gasteiger partial charge in [-0.15, -0.1) is 0 Å². The number of nitrogens with zero attached hydrogens (tertiary/aromatic N) is 3. The Balaban J connectivity index is 1.59. The molecule has 4 rings (SSSR count). The zero-order chi connectivity index (χ0) is 24.5. The number of pyridine rings is 1. The molecular formula is C25H28N4O3S2. The second kappa shape index (κ2) is 9.77. The molecule has 178 valence electrons. The average Bonchev–Trinajstić information content (AvgIpc) is 3.19. The van der Waals surface area contributed by atoms with Crippen LogP contribution in [0, 0.1) is 11.8 Å². The summed E-state index contributed by atoms with van der Waals surface area (Å²) in [7, 11) is -3.65. The monoisotopic (exact) mass is 496 g/mol. The molecule has 0 saturated carbocycles. The van der Waals surface area contributed by atoms with Crippen LogP contribution in [-0.2, 0) is 10.0 Å². The lowest BCUT2D eigenvalue weighted by atomic mass is 10.2. The van der Waals surface area contributed by atoms with E-state index in [4.69, 9.17) is 0 Å². The van der Waals surface area contributed by atoms with Crippen LogP contribution in [-0.4, -0.2) is 41.7 Å². The summed E-state index contributed by atoms with van der Waals surface area (Å²) < 4.78 is 29.0. The zero-order valence-corrected chi connectivity index (χ0v) is 21.3. The summed E-state index contributed by atoms with van der Waals surface area (Å²) in [6, 6.07) is 16.0. The third-order valence-corrected chi connectivity index (χ3v) is 7.95. The first-order valence-corrected chi connectivity index (χ1v) is 13.5. The fraction of sp³-hybridized carbons (Fsp3) is 0.320. The lowest BCUT2D eigenvalue weighted by Crippen LogP contribution is -2.37. The Morgan fingerprint density at radius 3 is 2.35 bits per heavy atom. The maximum Gasteiger partial charge on any atom is 0.276 e. The number of hydrogen-bond acceptors (Lipinski definition) is 6. The number of nitrogens with one attached hydrogen (secondary N) is 1. The van der Waals surface area contributed by atoms with Crippen LogP contribution in [0.15, 0.2) is 59.5 Å². The van der Waals surface area contributed by atoms with Gasteiger partial charge in [-0.05, 0) is 42.2 Å². The van der Waals surface area contributed by atoms with Gasteiger partial charge in [0.25, 0.3) is 5.91 Å². The average molecular weight is 497 g/mol. The van der Waals surface area contributed by atoms with Crippen LogP contribution in [0.1, 0.15) is 38.2 Å². The van der Waals surface area contributed by atoms with Gasteiger partial charge in [-0.3, -0.25) is 10.1 Å². The lowest BCUT2D eigenvalue weighted by molar-refractivity contribution is 0.102. The largest absolute Gasteiger partial charge is 0.296 e. The Labute approximate surface area is 203 Å². The minimum atomic E-state index is -3.65. The van der Waals surface area contributed by atoms with E-state index in [1.165, 1.54) is 11.3 Å². The van der Waals surface area contributed by atoms with Crippen molar-refractivity contribution in [2.45, 2.75) is 32.6 Å². The summed E-state index contributed by atoms with van der Waals surface area (Å²) in [6.07, 6.45) is 0. The highest BCUT2D eigenvalue weighted by Crippen LogP contribution is 2.30. The fourth-order valence-corrected chi connectivity index (χ4v) is 6.48. The number of carbonyl (C=O) groups excluding carboxylic acids is 1. The first-order valence-electron chi connectivity index (χ1n) is 11.2. The topological polar surface area (TPSA) is 92.3 Å². The Hall–Kier alpha value is -2.88. The zero-order valence-electron chi connectivity index (χ0n) is 19.6. The fourth-order valence-electron chi connectivity index (χ4n) is 3.71. The predicted octanol–water partition coefficient (Wildman–Crippen LogP) is 5.40. The highest BCUT2D eigenvalue weighted by molar-refractivity contribution is 7.89. The second-order valence-electron chi connectivity index (χ2n) is 9.10. The summed E-state index contributed by atoms with van der Waals surface area (Å²) in [5.74, 6) is 0.0649. The van der Waals surface area contributed by atoms with Crippen molar-refractivity contribution < 1.29 is 13.2 Å². The van der Waals surface area contributed by atoms with Crippen LogP contribution in [0.4, 0.5) is 5.13 Å². The summed E-state index contributed by atoms with van der Waals surface area (Å²) >= 11 is 1.24. The molecule has 7 nitrogen and oxygen atoms in total. The number of hydrogen-bond donors (Lipinski definition) is 1. The molecule has 9 heteroatoms. The van der Waals surface area contributed by atoms with E-state index in [0.717, 1.165) is 10.9 Å². The van der Waals surface area contributed by atoms with Gasteiger partial charge >= 0.3 is 0 Å². The Morgan fingerprint density at radius 2 is 1.65 bits per heavy atom. The van der Waals surface area contributed by atoms with Crippen LogP contribution in [0.2, 0.25) is 0 Å². The first kappa shape index (κ1) is 24.3. The number of thiazole rings is 1. The maximum absolute atomic E-state index is 13.4. The maximum atomic E-state index is 13.4. The first-order chi connectivity index (χ1) is 16.1. The highest BCUT2D eigenvalue weighted by atomic mass is 32.2. The van der Waals surface area contributed by atoms with E-state index in [2.05, 4.69) is 15.3 Å². The second-order valence-corrected chi connectivity index (χ2v) is 12.1. The third-order valence-electron chi connectivity index (χ3n) is 5.19. The van der Waals surface area contributed by atoms with Gasteiger partial charge in [0.1, 0.15) is 5.69 Å². The number of fused-ring (bicyclic) bond motifs is 2. The number of para-hydroxylation sites is 1. The van der Waals surface area contributed by atoms with Crippen LogP contribution in [0.3, 0.4) is 0 Å². The van der Waals surface area contributed by atoms with Crippen LogP contribution >= 0.6 is 11.3 Å². The van der Waals surface area contributed by atoms with Gasteiger partial charge in [0, 0.05) is 18.5 Å². The molecule has 0 atom stereocenters. The summed E-state index contributed by atoms with van der Waals surface area (Å²) in [5.41, 5.74) is 1.66. The van der Waals surface area contributed by atoms with Crippen molar-refractivity contribution in [2.24, 2.45) is 11.8 Å². The normalized spacial score (nSPS) is 12.3. The summed E-state index contributed by atoms with van der Waals surface area (Å²) in [5, 5.41) is 4.14. The van der Waals surface area contributed by atoms with Gasteiger partial charge in [-0.25, -0.2) is 18.4 Å². The van der Waals surface area contributed by atoms with Crippen molar-refractivity contribution in [3.05, 3.63) is 60.3 Å². The van der Waals surface area contributed by atoms with Crippen molar-refractivity contribution >= 4 is 53.5 Å². The molecule has 0 aliphatic carbocycles. The van der Waals surface area contributed by atoms with Crippen molar-refractivity contribution in [1.82, 2.24) is 14.3 Å². The molecule has 2 aromatic carbocycles. The molecule has 0 spiro atoms. The molecule has 0 unspecified atom stereocenters. The Kier molecular flexibility index (Phi) is 6.97. The molecule has 34 heavy (non-hydrogen) atoms.